The predicted molar refractivity (Wildman–Crippen MR) is 77.1 cm³/mol. The first-order valence-corrected chi connectivity index (χ1v) is 6.67. The minimum absolute atomic E-state index is 0.701. The summed E-state index contributed by atoms with van der Waals surface area (Å²) in [6.07, 6.45) is 1.74. The van der Waals surface area contributed by atoms with Gasteiger partial charge in [-0.3, -0.25) is 0 Å². The van der Waals surface area contributed by atoms with Gasteiger partial charge in [-0.1, -0.05) is 30.3 Å². The summed E-state index contributed by atoms with van der Waals surface area (Å²) in [5.41, 5.74) is 1.00. The molecule has 5 nitrogen and oxygen atoms in total. The van der Waals surface area contributed by atoms with Crippen LogP contribution in [0.2, 0.25) is 0 Å². The monoisotopic (exact) mass is 271 g/mol. The lowest BCUT2D eigenvalue weighted by molar-refractivity contribution is 0.122. The van der Waals surface area contributed by atoms with Gasteiger partial charge in [-0.05, 0) is 0 Å². The van der Waals surface area contributed by atoms with Gasteiger partial charge >= 0.3 is 0 Å². The van der Waals surface area contributed by atoms with E-state index < -0.39 is 0 Å². The van der Waals surface area contributed by atoms with Crippen LogP contribution in [-0.4, -0.2) is 43.4 Å². The van der Waals surface area contributed by atoms with Gasteiger partial charge in [0, 0.05) is 18.7 Å². The number of benzene rings is 1. The Morgan fingerprint density at radius 2 is 1.90 bits per heavy atom. The van der Waals surface area contributed by atoms with Crippen LogP contribution in [0.1, 0.15) is 0 Å². The second kappa shape index (κ2) is 5.88. The van der Waals surface area contributed by atoms with Crippen LogP contribution in [0.15, 0.2) is 36.5 Å². The normalized spacial score (nSPS) is 15.2. The van der Waals surface area contributed by atoms with Gasteiger partial charge in [0.1, 0.15) is 0 Å². The van der Waals surface area contributed by atoms with E-state index >= 15 is 0 Å². The first kappa shape index (κ1) is 12.9. The van der Waals surface area contributed by atoms with Crippen molar-refractivity contribution in [1.82, 2.24) is 9.97 Å². The highest BCUT2D eigenvalue weighted by Crippen LogP contribution is 2.28. The van der Waals surface area contributed by atoms with E-state index in [2.05, 4.69) is 14.9 Å². The van der Waals surface area contributed by atoms with Gasteiger partial charge < -0.3 is 14.4 Å². The van der Waals surface area contributed by atoms with E-state index in [9.17, 15) is 0 Å². The van der Waals surface area contributed by atoms with Crippen LogP contribution < -0.4 is 9.64 Å². The Morgan fingerprint density at radius 3 is 2.60 bits per heavy atom. The Kier molecular flexibility index (Phi) is 3.78. The quantitative estimate of drug-likeness (QED) is 0.854. The molecule has 1 aliphatic rings. The summed E-state index contributed by atoms with van der Waals surface area (Å²) in [7, 11) is 1.64. The molecule has 1 saturated heterocycles. The van der Waals surface area contributed by atoms with E-state index in [1.165, 1.54) is 0 Å². The number of rotatable bonds is 3. The Balaban J connectivity index is 1.98. The van der Waals surface area contributed by atoms with Crippen molar-refractivity contribution in [2.24, 2.45) is 0 Å². The maximum atomic E-state index is 5.38. The molecule has 0 radical (unpaired) electrons. The number of anilines is 1. The third kappa shape index (κ3) is 2.58. The molecule has 1 aromatic heterocycles. The van der Waals surface area contributed by atoms with Gasteiger partial charge in [-0.2, -0.15) is 0 Å². The second-order valence-electron chi connectivity index (χ2n) is 4.55. The van der Waals surface area contributed by atoms with E-state index in [1.54, 1.807) is 13.3 Å². The van der Waals surface area contributed by atoms with Crippen LogP contribution in [0.5, 0.6) is 5.75 Å². The third-order valence-corrected chi connectivity index (χ3v) is 3.30. The lowest BCUT2D eigenvalue weighted by Gasteiger charge is -2.28. The van der Waals surface area contributed by atoms with E-state index in [0.29, 0.717) is 24.8 Å². The molecular formula is C15H17N3O2. The Hall–Kier alpha value is -2.14. The fraction of sp³-hybridized carbons (Fsp3) is 0.333. The zero-order valence-electron chi connectivity index (χ0n) is 11.5. The van der Waals surface area contributed by atoms with Gasteiger partial charge in [-0.25, -0.2) is 9.97 Å². The Labute approximate surface area is 118 Å². The van der Waals surface area contributed by atoms with Crippen LogP contribution in [0.3, 0.4) is 0 Å². The number of morpholine rings is 1. The van der Waals surface area contributed by atoms with Crippen molar-refractivity contribution < 1.29 is 9.47 Å². The summed E-state index contributed by atoms with van der Waals surface area (Å²) >= 11 is 0. The topological polar surface area (TPSA) is 47.5 Å². The van der Waals surface area contributed by atoms with Crippen molar-refractivity contribution in [3.63, 3.8) is 0 Å². The van der Waals surface area contributed by atoms with Gasteiger partial charge in [-0.15, -0.1) is 0 Å². The molecule has 104 valence electrons. The molecule has 0 unspecified atom stereocenters. The standard InChI is InChI=1S/C15H17N3O2/c1-19-13-11-16-14(12-5-3-2-4-6-12)17-15(13)18-7-9-20-10-8-18/h2-6,11H,7-10H2,1H3. The maximum absolute atomic E-state index is 5.38. The number of ether oxygens (including phenoxy) is 2. The van der Waals surface area contributed by atoms with Crippen molar-refractivity contribution >= 4 is 5.82 Å². The maximum Gasteiger partial charge on any atom is 0.179 e. The van der Waals surface area contributed by atoms with Crippen LogP contribution >= 0.6 is 0 Å². The zero-order valence-corrected chi connectivity index (χ0v) is 11.5. The van der Waals surface area contributed by atoms with Gasteiger partial charge in [0.25, 0.3) is 0 Å². The molecule has 2 aromatic rings. The number of nitrogens with zero attached hydrogens (tertiary/aromatic N) is 3. The van der Waals surface area contributed by atoms with Crippen LogP contribution in [0.4, 0.5) is 5.82 Å². The van der Waals surface area contributed by atoms with Crippen molar-refractivity contribution in [1.29, 1.82) is 0 Å². The van der Waals surface area contributed by atoms with Crippen LogP contribution in [0, 0.1) is 0 Å². The minimum atomic E-state index is 0.701. The summed E-state index contributed by atoms with van der Waals surface area (Å²) in [5.74, 6) is 2.25. The van der Waals surface area contributed by atoms with Crippen molar-refractivity contribution in [2.45, 2.75) is 0 Å². The van der Waals surface area contributed by atoms with E-state index in [1.807, 2.05) is 30.3 Å². The molecule has 0 amide bonds. The molecule has 1 aromatic carbocycles. The van der Waals surface area contributed by atoms with E-state index in [-0.39, 0.29) is 0 Å². The lowest BCUT2D eigenvalue weighted by Crippen LogP contribution is -2.37. The Morgan fingerprint density at radius 1 is 1.15 bits per heavy atom. The van der Waals surface area contributed by atoms with Crippen LogP contribution in [-0.2, 0) is 4.74 Å². The van der Waals surface area contributed by atoms with E-state index in [0.717, 1.165) is 24.5 Å². The van der Waals surface area contributed by atoms with E-state index in [4.69, 9.17) is 9.47 Å². The molecule has 0 atom stereocenters. The fourth-order valence-corrected chi connectivity index (χ4v) is 2.23. The molecule has 1 aliphatic heterocycles. The second-order valence-corrected chi connectivity index (χ2v) is 4.55. The first-order valence-electron chi connectivity index (χ1n) is 6.67. The molecular weight excluding hydrogens is 254 g/mol. The molecule has 5 heteroatoms. The first-order chi connectivity index (χ1) is 9.88. The molecule has 2 heterocycles. The number of aromatic nitrogens is 2. The van der Waals surface area contributed by atoms with Gasteiger partial charge in [0.15, 0.2) is 17.4 Å². The Bertz CT molecular complexity index is 569. The molecule has 3 rings (SSSR count). The van der Waals surface area contributed by atoms with Crippen molar-refractivity contribution in [2.75, 3.05) is 38.3 Å². The van der Waals surface area contributed by atoms with Crippen molar-refractivity contribution in [3.05, 3.63) is 36.5 Å². The van der Waals surface area contributed by atoms with Crippen LogP contribution in [0.25, 0.3) is 11.4 Å². The van der Waals surface area contributed by atoms with Gasteiger partial charge in [0.05, 0.1) is 26.5 Å². The lowest BCUT2D eigenvalue weighted by atomic mass is 10.2. The molecule has 0 saturated carbocycles. The van der Waals surface area contributed by atoms with Crippen molar-refractivity contribution in [3.8, 4) is 17.1 Å². The average Bonchev–Trinajstić information content (AvgIpc) is 2.56. The predicted octanol–water partition coefficient (Wildman–Crippen LogP) is 1.99. The molecule has 1 fully saturated rings. The highest BCUT2D eigenvalue weighted by molar-refractivity contribution is 5.61. The molecule has 20 heavy (non-hydrogen) atoms. The molecule has 0 N–H and O–H groups in total. The number of hydrogen-bond acceptors (Lipinski definition) is 5. The highest BCUT2D eigenvalue weighted by Gasteiger charge is 2.18. The molecule has 0 bridgehead atoms. The number of methoxy groups -OCH3 is 1. The SMILES string of the molecule is COc1cnc(-c2ccccc2)nc1N1CCOCC1. The minimum Gasteiger partial charge on any atom is -0.491 e. The largest absolute Gasteiger partial charge is 0.491 e. The summed E-state index contributed by atoms with van der Waals surface area (Å²) in [6, 6.07) is 9.96. The summed E-state index contributed by atoms with van der Waals surface area (Å²) < 4.78 is 10.8. The van der Waals surface area contributed by atoms with Gasteiger partial charge in [0.2, 0.25) is 0 Å². The highest BCUT2D eigenvalue weighted by atomic mass is 16.5. The summed E-state index contributed by atoms with van der Waals surface area (Å²) in [6.45, 7) is 3.07. The zero-order chi connectivity index (χ0) is 13.8. The molecule has 0 spiro atoms. The summed E-state index contributed by atoms with van der Waals surface area (Å²) in [5, 5.41) is 0. The summed E-state index contributed by atoms with van der Waals surface area (Å²) in [4.78, 5) is 11.2. The fourth-order valence-electron chi connectivity index (χ4n) is 2.23. The smallest absolute Gasteiger partial charge is 0.179 e. The molecule has 0 aliphatic carbocycles. The third-order valence-electron chi connectivity index (χ3n) is 3.30. The number of hydrogen-bond donors (Lipinski definition) is 0. The average molecular weight is 271 g/mol.